The number of imidazole rings is 1. The Kier molecular flexibility index (Phi) is 7.19. The molecule has 6 rings (SSSR count). The molecule has 2 amide bonds. The van der Waals surface area contributed by atoms with Gasteiger partial charge in [0.15, 0.2) is 4.96 Å². The standard InChI is InChI=1S/C29H26ClN7O2S/c1-18(38)32-22-8-4-19(5-9-22)25-26(37-16-17-40-29(37)35-25)24-10-13-31-28(34-24)33-23-11-14-36(15-12-23)27(39)20-2-6-21(30)7-3-20/h2-10,13,16-17,23H,11-12,14-15H2,1H3,(H,32,38)(H,31,33,34). The summed E-state index contributed by atoms with van der Waals surface area (Å²) in [6.45, 7) is 2.78. The number of amides is 2. The topological polar surface area (TPSA) is 105 Å². The number of nitrogens with one attached hydrogen (secondary N) is 2. The number of fused-ring (bicyclic) bond motifs is 1. The number of carbonyl (C=O) groups is 2. The van der Waals surface area contributed by atoms with Crippen molar-refractivity contribution < 1.29 is 9.59 Å². The molecule has 2 N–H and O–H groups in total. The summed E-state index contributed by atoms with van der Waals surface area (Å²) >= 11 is 7.52. The van der Waals surface area contributed by atoms with E-state index < -0.39 is 0 Å². The molecule has 1 saturated heterocycles. The number of likely N-dealkylation sites (tertiary alicyclic amines) is 1. The fourth-order valence-corrected chi connectivity index (χ4v) is 5.73. The van der Waals surface area contributed by atoms with E-state index in [0.29, 0.717) is 29.6 Å². The van der Waals surface area contributed by atoms with Gasteiger partial charge in [-0.3, -0.25) is 14.0 Å². The molecule has 2 aromatic carbocycles. The number of thiazole rings is 1. The monoisotopic (exact) mass is 571 g/mol. The van der Waals surface area contributed by atoms with E-state index in [9.17, 15) is 9.59 Å². The molecule has 0 saturated carbocycles. The molecule has 0 atom stereocenters. The van der Waals surface area contributed by atoms with E-state index in [1.54, 1.807) is 41.8 Å². The molecule has 0 unspecified atom stereocenters. The third kappa shape index (κ3) is 5.41. The largest absolute Gasteiger partial charge is 0.351 e. The Labute approximate surface area is 239 Å². The Balaban J connectivity index is 1.19. The molecular weight excluding hydrogens is 546 g/mol. The van der Waals surface area contributed by atoms with Gasteiger partial charge in [0, 0.05) is 65.7 Å². The van der Waals surface area contributed by atoms with Crippen molar-refractivity contribution in [3.63, 3.8) is 0 Å². The van der Waals surface area contributed by atoms with Crippen molar-refractivity contribution in [2.24, 2.45) is 0 Å². The summed E-state index contributed by atoms with van der Waals surface area (Å²) in [6.07, 6.45) is 5.32. The van der Waals surface area contributed by atoms with Gasteiger partial charge in [-0.15, -0.1) is 11.3 Å². The van der Waals surface area contributed by atoms with Gasteiger partial charge in [0.2, 0.25) is 11.9 Å². The maximum atomic E-state index is 12.9. The zero-order chi connectivity index (χ0) is 27.6. The van der Waals surface area contributed by atoms with Crippen molar-refractivity contribution in [1.29, 1.82) is 0 Å². The van der Waals surface area contributed by atoms with Gasteiger partial charge >= 0.3 is 0 Å². The molecule has 0 bridgehead atoms. The first-order chi connectivity index (χ1) is 19.4. The van der Waals surface area contributed by atoms with Crippen molar-refractivity contribution >= 4 is 51.3 Å². The van der Waals surface area contributed by atoms with Crippen LogP contribution in [-0.4, -0.2) is 55.2 Å². The van der Waals surface area contributed by atoms with Gasteiger partial charge in [-0.05, 0) is 55.3 Å². The second kappa shape index (κ2) is 11.1. The highest BCUT2D eigenvalue weighted by Gasteiger charge is 2.25. The summed E-state index contributed by atoms with van der Waals surface area (Å²) in [6, 6.07) is 16.7. The summed E-state index contributed by atoms with van der Waals surface area (Å²) in [7, 11) is 0. The van der Waals surface area contributed by atoms with Crippen molar-refractivity contribution in [2.75, 3.05) is 23.7 Å². The Hall–Kier alpha value is -4.28. The first kappa shape index (κ1) is 26.0. The van der Waals surface area contributed by atoms with Crippen molar-refractivity contribution in [3.8, 4) is 22.6 Å². The van der Waals surface area contributed by atoms with Crippen LogP contribution < -0.4 is 10.6 Å². The minimum Gasteiger partial charge on any atom is -0.351 e. The highest BCUT2D eigenvalue weighted by Crippen LogP contribution is 2.34. The average molecular weight is 572 g/mol. The molecule has 9 nitrogen and oxygen atoms in total. The first-order valence-electron chi connectivity index (χ1n) is 12.9. The number of hydrogen-bond donors (Lipinski definition) is 2. The SMILES string of the molecule is CC(=O)Nc1ccc(-c2nc3sccn3c2-c2ccnc(NC3CCN(C(=O)c4ccc(Cl)cc4)CC3)n2)cc1. The maximum Gasteiger partial charge on any atom is 0.253 e. The quantitative estimate of drug-likeness (QED) is 0.265. The van der Waals surface area contributed by atoms with Crippen LogP contribution >= 0.6 is 22.9 Å². The number of aromatic nitrogens is 4. The zero-order valence-corrected chi connectivity index (χ0v) is 23.2. The Bertz CT molecular complexity index is 1670. The highest BCUT2D eigenvalue weighted by molar-refractivity contribution is 7.15. The molecule has 11 heteroatoms. The maximum absolute atomic E-state index is 12.9. The zero-order valence-electron chi connectivity index (χ0n) is 21.7. The van der Waals surface area contributed by atoms with E-state index in [2.05, 4.69) is 15.6 Å². The molecule has 0 spiro atoms. The normalized spacial score (nSPS) is 13.9. The lowest BCUT2D eigenvalue weighted by Crippen LogP contribution is -2.42. The molecule has 1 aliphatic heterocycles. The van der Waals surface area contributed by atoms with Gasteiger partial charge in [0.25, 0.3) is 5.91 Å². The average Bonchev–Trinajstić information content (AvgIpc) is 3.56. The van der Waals surface area contributed by atoms with E-state index in [-0.39, 0.29) is 17.9 Å². The summed E-state index contributed by atoms with van der Waals surface area (Å²) in [4.78, 5) is 41.2. The lowest BCUT2D eigenvalue weighted by Gasteiger charge is -2.32. The van der Waals surface area contributed by atoms with Crippen LogP contribution in [0.2, 0.25) is 5.02 Å². The summed E-state index contributed by atoms with van der Waals surface area (Å²) in [5.74, 6) is 0.444. The van der Waals surface area contributed by atoms with E-state index in [0.717, 1.165) is 46.1 Å². The molecule has 0 radical (unpaired) electrons. The molecule has 5 aromatic rings. The number of halogens is 1. The minimum absolute atomic E-state index is 0.0199. The van der Waals surface area contributed by atoms with Crippen LogP contribution in [-0.2, 0) is 4.79 Å². The fourth-order valence-electron chi connectivity index (χ4n) is 4.89. The van der Waals surface area contributed by atoms with Gasteiger partial charge in [0.1, 0.15) is 5.69 Å². The second-order valence-corrected chi connectivity index (χ2v) is 10.9. The molecular formula is C29H26ClN7O2S. The van der Waals surface area contributed by atoms with Crippen molar-refractivity contribution in [3.05, 3.63) is 83.0 Å². The number of rotatable bonds is 6. The minimum atomic E-state index is -0.115. The Morgan fingerprint density at radius 3 is 2.48 bits per heavy atom. The lowest BCUT2D eigenvalue weighted by atomic mass is 10.0. The van der Waals surface area contributed by atoms with E-state index in [4.69, 9.17) is 21.6 Å². The molecule has 3 aromatic heterocycles. The lowest BCUT2D eigenvalue weighted by molar-refractivity contribution is -0.114. The van der Waals surface area contributed by atoms with E-state index in [1.807, 2.05) is 51.2 Å². The van der Waals surface area contributed by atoms with Crippen LogP contribution in [0.4, 0.5) is 11.6 Å². The second-order valence-electron chi connectivity index (χ2n) is 9.61. The summed E-state index contributed by atoms with van der Waals surface area (Å²) < 4.78 is 2.04. The van der Waals surface area contributed by atoms with Crippen LogP contribution in [0.25, 0.3) is 27.6 Å². The number of piperidine rings is 1. The van der Waals surface area contributed by atoms with Crippen LogP contribution in [0.1, 0.15) is 30.1 Å². The molecule has 4 heterocycles. The van der Waals surface area contributed by atoms with E-state index in [1.165, 1.54) is 6.92 Å². The highest BCUT2D eigenvalue weighted by atomic mass is 35.5. The third-order valence-corrected chi connectivity index (χ3v) is 7.85. The molecule has 1 aliphatic rings. The smallest absolute Gasteiger partial charge is 0.253 e. The number of anilines is 2. The van der Waals surface area contributed by atoms with Gasteiger partial charge in [0.05, 0.1) is 11.4 Å². The first-order valence-corrected chi connectivity index (χ1v) is 14.2. The number of nitrogens with zero attached hydrogens (tertiary/aromatic N) is 5. The summed E-state index contributed by atoms with van der Waals surface area (Å²) in [5, 5.41) is 8.88. The molecule has 40 heavy (non-hydrogen) atoms. The van der Waals surface area contributed by atoms with Crippen molar-refractivity contribution in [2.45, 2.75) is 25.8 Å². The van der Waals surface area contributed by atoms with Gasteiger partial charge < -0.3 is 15.5 Å². The number of carbonyl (C=O) groups excluding carboxylic acids is 2. The summed E-state index contributed by atoms with van der Waals surface area (Å²) in [5.41, 5.74) is 4.73. The van der Waals surface area contributed by atoms with Crippen LogP contribution in [0.15, 0.2) is 72.4 Å². The van der Waals surface area contributed by atoms with Gasteiger partial charge in [-0.2, -0.15) is 0 Å². The number of benzene rings is 2. The van der Waals surface area contributed by atoms with Crippen molar-refractivity contribution in [1.82, 2.24) is 24.3 Å². The third-order valence-electron chi connectivity index (χ3n) is 6.85. The predicted octanol–water partition coefficient (Wildman–Crippen LogP) is 5.85. The molecule has 0 aliphatic carbocycles. The van der Waals surface area contributed by atoms with Crippen LogP contribution in [0, 0.1) is 0 Å². The van der Waals surface area contributed by atoms with Gasteiger partial charge in [-0.25, -0.2) is 15.0 Å². The van der Waals surface area contributed by atoms with Crippen LogP contribution in [0.3, 0.4) is 0 Å². The predicted molar refractivity (Wildman–Crippen MR) is 158 cm³/mol. The Morgan fingerprint density at radius 1 is 1.00 bits per heavy atom. The number of hydrogen-bond acceptors (Lipinski definition) is 7. The van der Waals surface area contributed by atoms with Crippen LogP contribution in [0.5, 0.6) is 0 Å². The van der Waals surface area contributed by atoms with Gasteiger partial charge in [-0.1, -0.05) is 23.7 Å². The van der Waals surface area contributed by atoms with E-state index >= 15 is 0 Å². The fraction of sp³-hybridized carbons (Fsp3) is 0.207. The molecule has 202 valence electrons. The molecule has 1 fully saturated rings. The Morgan fingerprint density at radius 2 is 1.75 bits per heavy atom.